The first-order valence-corrected chi connectivity index (χ1v) is 12.4. The lowest BCUT2D eigenvalue weighted by atomic mass is 10.0. The van der Waals surface area contributed by atoms with Gasteiger partial charge in [0.1, 0.15) is 12.4 Å². The second-order valence-electron chi connectivity index (χ2n) is 8.15. The van der Waals surface area contributed by atoms with Gasteiger partial charge in [0.25, 0.3) is 10.0 Å². The quantitative estimate of drug-likeness (QED) is 0.467. The molecule has 3 aromatic rings. The summed E-state index contributed by atoms with van der Waals surface area (Å²) in [4.78, 5) is 12.9. The smallest absolute Gasteiger partial charge is 0.264 e. The molecule has 1 atom stereocenters. The van der Waals surface area contributed by atoms with Gasteiger partial charge in [-0.2, -0.15) is 0 Å². The van der Waals surface area contributed by atoms with Gasteiger partial charge >= 0.3 is 0 Å². The number of carbonyl (C=O) groups excluding carboxylic acids is 1. The number of anilines is 1. The Bertz CT molecular complexity index is 1310. The number of nitrogens with one attached hydrogen (secondary N) is 1. The Morgan fingerprint density at radius 2 is 1.63 bits per heavy atom. The van der Waals surface area contributed by atoms with Crippen LogP contribution in [0.1, 0.15) is 29.7 Å². The molecule has 0 unspecified atom stereocenters. The van der Waals surface area contributed by atoms with Crippen LogP contribution in [0.25, 0.3) is 0 Å². The van der Waals surface area contributed by atoms with Crippen LogP contribution < -0.4 is 19.1 Å². The van der Waals surface area contributed by atoms with Gasteiger partial charge in [-0.15, -0.1) is 0 Å². The van der Waals surface area contributed by atoms with Gasteiger partial charge in [-0.1, -0.05) is 23.8 Å². The van der Waals surface area contributed by atoms with Crippen LogP contribution in [-0.4, -0.2) is 35.1 Å². The van der Waals surface area contributed by atoms with Crippen LogP contribution in [0.2, 0.25) is 0 Å². The Hall–Kier alpha value is -3.59. The highest BCUT2D eigenvalue weighted by atomic mass is 32.2. The molecular weight excluding hydrogens is 471 g/mol. The minimum atomic E-state index is -4.22. The van der Waals surface area contributed by atoms with Crippen LogP contribution in [0.4, 0.5) is 10.1 Å². The molecule has 0 saturated heterocycles. The molecule has 3 rings (SSSR count). The summed E-state index contributed by atoms with van der Waals surface area (Å²) in [5.41, 5.74) is 3.20. The fourth-order valence-electron chi connectivity index (χ4n) is 3.83. The number of methoxy groups -OCH3 is 2. The molecule has 0 bridgehead atoms. The molecule has 0 aliphatic carbocycles. The van der Waals surface area contributed by atoms with Gasteiger partial charge in [0.2, 0.25) is 5.91 Å². The maximum atomic E-state index is 13.6. The maximum absolute atomic E-state index is 13.6. The Kier molecular flexibility index (Phi) is 8.01. The molecule has 35 heavy (non-hydrogen) atoms. The Labute approximate surface area is 205 Å². The number of aryl methyl sites for hydroxylation is 2. The number of amides is 1. The van der Waals surface area contributed by atoms with E-state index in [-0.39, 0.29) is 22.4 Å². The van der Waals surface area contributed by atoms with Crippen LogP contribution >= 0.6 is 0 Å². The van der Waals surface area contributed by atoms with E-state index in [2.05, 4.69) is 5.32 Å². The van der Waals surface area contributed by atoms with E-state index >= 15 is 0 Å². The van der Waals surface area contributed by atoms with E-state index in [0.29, 0.717) is 5.75 Å². The second kappa shape index (κ2) is 10.8. The van der Waals surface area contributed by atoms with Gasteiger partial charge in [0.05, 0.1) is 30.8 Å². The number of nitrogens with zero attached hydrogens (tertiary/aromatic N) is 1. The molecule has 0 aliphatic heterocycles. The first-order chi connectivity index (χ1) is 16.6. The number of hydrogen-bond acceptors (Lipinski definition) is 5. The van der Waals surface area contributed by atoms with Crippen LogP contribution in [0, 0.1) is 19.7 Å². The molecule has 1 N–H and O–H groups in total. The minimum Gasteiger partial charge on any atom is -0.493 e. The molecule has 9 heteroatoms. The van der Waals surface area contributed by atoms with E-state index in [4.69, 9.17) is 9.47 Å². The van der Waals surface area contributed by atoms with Gasteiger partial charge in [0, 0.05) is 6.07 Å². The third-order valence-electron chi connectivity index (χ3n) is 5.61. The normalized spacial score (nSPS) is 12.1. The summed E-state index contributed by atoms with van der Waals surface area (Å²) in [5.74, 6) is -0.448. The third kappa shape index (κ3) is 5.92. The number of benzene rings is 3. The fraction of sp³-hybridized carbons (Fsp3) is 0.269. The van der Waals surface area contributed by atoms with E-state index in [9.17, 15) is 17.6 Å². The Morgan fingerprint density at radius 1 is 0.971 bits per heavy atom. The summed E-state index contributed by atoms with van der Waals surface area (Å²) in [6.45, 7) is 5.27. The number of carbonyl (C=O) groups is 1. The zero-order valence-corrected chi connectivity index (χ0v) is 21.1. The number of sulfonamides is 1. The average Bonchev–Trinajstić information content (AvgIpc) is 2.82. The van der Waals surface area contributed by atoms with E-state index in [1.165, 1.54) is 44.6 Å². The summed E-state index contributed by atoms with van der Waals surface area (Å²) in [6, 6.07) is 14.6. The van der Waals surface area contributed by atoms with Gasteiger partial charge in [-0.25, -0.2) is 12.8 Å². The Morgan fingerprint density at radius 3 is 2.23 bits per heavy atom. The highest BCUT2D eigenvalue weighted by molar-refractivity contribution is 7.92. The molecule has 1 amide bonds. The topological polar surface area (TPSA) is 84.9 Å². The van der Waals surface area contributed by atoms with Crippen molar-refractivity contribution in [2.75, 3.05) is 25.1 Å². The molecule has 186 valence electrons. The summed E-state index contributed by atoms with van der Waals surface area (Å²) in [5, 5.41) is 2.87. The van der Waals surface area contributed by atoms with Gasteiger partial charge in [-0.05, 0) is 68.3 Å². The standard InChI is InChI=1S/C26H29FN2O5S/c1-17-6-12-23(18(2)14-17)19(3)28-26(30)16-29(21-9-7-20(27)8-10-21)35(31,32)22-11-13-24(33-4)25(15-22)34-5/h6-15,19H,16H2,1-5H3,(H,28,30)/t19-/m0/s1. The van der Waals surface area contributed by atoms with Crippen LogP contribution in [-0.2, 0) is 14.8 Å². The van der Waals surface area contributed by atoms with Gasteiger partial charge in [-0.3, -0.25) is 9.10 Å². The third-order valence-corrected chi connectivity index (χ3v) is 7.38. The monoisotopic (exact) mass is 500 g/mol. The summed E-state index contributed by atoms with van der Waals surface area (Å²) >= 11 is 0. The van der Waals surface area contributed by atoms with Crippen molar-refractivity contribution in [2.24, 2.45) is 0 Å². The highest BCUT2D eigenvalue weighted by Gasteiger charge is 2.29. The van der Waals surface area contributed by atoms with Crippen molar-refractivity contribution in [3.63, 3.8) is 0 Å². The fourth-order valence-corrected chi connectivity index (χ4v) is 5.27. The molecule has 7 nitrogen and oxygen atoms in total. The van der Waals surface area contributed by atoms with Crippen molar-refractivity contribution in [1.82, 2.24) is 5.32 Å². The SMILES string of the molecule is COc1ccc(S(=O)(=O)N(CC(=O)N[C@@H](C)c2ccc(C)cc2C)c2ccc(F)cc2)cc1OC. The lowest BCUT2D eigenvalue weighted by molar-refractivity contribution is -0.120. The van der Waals surface area contributed by atoms with Gasteiger partial charge in [0.15, 0.2) is 11.5 Å². The minimum absolute atomic E-state index is 0.102. The largest absolute Gasteiger partial charge is 0.493 e. The van der Waals surface area contributed by atoms with E-state index < -0.39 is 28.3 Å². The molecule has 0 radical (unpaired) electrons. The highest BCUT2D eigenvalue weighted by Crippen LogP contribution is 2.32. The lowest BCUT2D eigenvalue weighted by Crippen LogP contribution is -2.41. The number of hydrogen-bond donors (Lipinski definition) is 1. The van der Waals surface area contributed by atoms with Crippen LogP contribution in [0.3, 0.4) is 0 Å². The average molecular weight is 501 g/mol. The number of ether oxygens (including phenoxy) is 2. The van der Waals surface area contributed by atoms with Crippen LogP contribution in [0.15, 0.2) is 65.6 Å². The number of halogens is 1. The first kappa shape index (κ1) is 26.0. The molecule has 0 spiro atoms. The molecule has 3 aromatic carbocycles. The van der Waals surface area contributed by atoms with Crippen molar-refractivity contribution in [1.29, 1.82) is 0 Å². The zero-order valence-electron chi connectivity index (χ0n) is 20.3. The van der Waals surface area contributed by atoms with E-state index in [1.807, 2.05) is 39.0 Å². The molecule has 0 fully saturated rings. The van der Waals surface area contributed by atoms with E-state index in [0.717, 1.165) is 33.1 Å². The van der Waals surface area contributed by atoms with Crippen molar-refractivity contribution in [2.45, 2.75) is 31.7 Å². The van der Waals surface area contributed by atoms with Crippen molar-refractivity contribution in [3.8, 4) is 11.5 Å². The van der Waals surface area contributed by atoms with Crippen molar-refractivity contribution in [3.05, 3.63) is 83.2 Å². The molecule has 0 heterocycles. The van der Waals surface area contributed by atoms with Crippen molar-refractivity contribution < 1.29 is 27.1 Å². The summed E-state index contributed by atoms with van der Waals surface area (Å²) < 4.78 is 52.2. The molecule has 0 saturated carbocycles. The van der Waals surface area contributed by atoms with Gasteiger partial charge < -0.3 is 14.8 Å². The molecular formula is C26H29FN2O5S. The zero-order chi connectivity index (χ0) is 25.8. The van der Waals surface area contributed by atoms with E-state index in [1.54, 1.807) is 0 Å². The summed E-state index contributed by atoms with van der Waals surface area (Å²) in [6.07, 6.45) is 0. The lowest BCUT2D eigenvalue weighted by Gasteiger charge is -2.26. The second-order valence-corrected chi connectivity index (χ2v) is 10.0. The first-order valence-electron chi connectivity index (χ1n) is 10.9. The maximum Gasteiger partial charge on any atom is 0.264 e. The molecule has 0 aliphatic rings. The number of rotatable bonds is 9. The van der Waals surface area contributed by atoms with Crippen molar-refractivity contribution >= 4 is 21.6 Å². The molecule has 0 aromatic heterocycles. The van der Waals surface area contributed by atoms with Crippen LogP contribution in [0.5, 0.6) is 11.5 Å². The predicted octanol–water partition coefficient (Wildman–Crippen LogP) is 4.53. The Balaban J connectivity index is 1.94. The predicted molar refractivity (Wildman–Crippen MR) is 133 cm³/mol. The summed E-state index contributed by atoms with van der Waals surface area (Å²) in [7, 11) is -1.38.